The van der Waals surface area contributed by atoms with Crippen molar-refractivity contribution in [2.75, 3.05) is 47.5 Å². The standard InChI is InChI=1S/C9H22NO6P/c1-10(2,3)5-4-6-15-17(13,14)16-8-9(12)7-11/h9,11-12H,4-8H2,1-3H3/p+1. The van der Waals surface area contributed by atoms with Gasteiger partial charge >= 0.3 is 7.82 Å². The first-order valence-electron chi connectivity index (χ1n) is 5.37. The van der Waals surface area contributed by atoms with Crippen LogP contribution < -0.4 is 0 Å². The molecule has 0 aromatic carbocycles. The predicted octanol–water partition coefficient (Wildman–Crippen LogP) is -0.431. The van der Waals surface area contributed by atoms with E-state index in [0.717, 1.165) is 11.0 Å². The summed E-state index contributed by atoms with van der Waals surface area (Å²) >= 11 is 0. The molecule has 0 rings (SSSR count). The molecular weight excluding hydrogens is 249 g/mol. The lowest BCUT2D eigenvalue weighted by atomic mass is 10.4. The van der Waals surface area contributed by atoms with Crippen LogP contribution in [0.1, 0.15) is 6.42 Å². The summed E-state index contributed by atoms with van der Waals surface area (Å²) in [6, 6.07) is 0. The van der Waals surface area contributed by atoms with Crippen LogP contribution in [0.2, 0.25) is 0 Å². The quantitative estimate of drug-likeness (QED) is 0.299. The van der Waals surface area contributed by atoms with Gasteiger partial charge in [0.15, 0.2) is 0 Å². The Morgan fingerprint density at radius 3 is 2.35 bits per heavy atom. The SMILES string of the molecule is C[N+](C)(C)CCCOP(=O)(O)OCC(O)CO. The molecule has 0 aliphatic heterocycles. The first kappa shape index (κ1) is 17.0. The Morgan fingerprint density at radius 1 is 1.29 bits per heavy atom. The highest BCUT2D eigenvalue weighted by atomic mass is 31.2. The predicted molar refractivity (Wildman–Crippen MR) is 62.3 cm³/mol. The summed E-state index contributed by atoms with van der Waals surface area (Å²) in [5.41, 5.74) is 0. The van der Waals surface area contributed by atoms with E-state index in [1.165, 1.54) is 0 Å². The van der Waals surface area contributed by atoms with Gasteiger partial charge in [-0.15, -0.1) is 0 Å². The van der Waals surface area contributed by atoms with Crippen LogP contribution in [0.3, 0.4) is 0 Å². The number of phosphoric ester groups is 1. The van der Waals surface area contributed by atoms with Gasteiger partial charge in [-0.2, -0.15) is 0 Å². The molecule has 0 aromatic rings. The van der Waals surface area contributed by atoms with Crippen LogP contribution in [0.4, 0.5) is 0 Å². The van der Waals surface area contributed by atoms with E-state index >= 15 is 0 Å². The summed E-state index contributed by atoms with van der Waals surface area (Å²) in [5, 5.41) is 17.4. The van der Waals surface area contributed by atoms with Crippen LogP contribution in [0.15, 0.2) is 0 Å². The Kier molecular flexibility index (Phi) is 7.43. The van der Waals surface area contributed by atoms with Gasteiger partial charge in [-0.25, -0.2) is 4.57 Å². The van der Waals surface area contributed by atoms with Crippen molar-refractivity contribution in [1.82, 2.24) is 0 Å². The summed E-state index contributed by atoms with van der Waals surface area (Å²) < 4.78 is 21.2. The molecule has 17 heavy (non-hydrogen) atoms. The number of hydrogen-bond acceptors (Lipinski definition) is 5. The molecule has 3 N–H and O–H groups in total. The molecule has 2 atom stereocenters. The molecule has 0 aliphatic carbocycles. The second-order valence-corrected chi connectivity index (χ2v) is 6.25. The largest absolute Gasteiger partial charge is 0.472 e. The van der Waals surface area contributed by atoms with Crippen molar-refractivity contribution in [3.05, 3.63) is 0 Å². The van der Waals surface area contributed by atoms with Crippen molar-refractivity contribution in [2.45, 2.75) is 12.5 Å². The molecule has 0 saturated heterocycles. The van der Waals surface area contributed by atoms with E-state index < -0.39 is 27.1 Å². The monoisotopic (exact) mass is 272 g/mol. The maximum atomic E-state index is 11.3. The molecule has 0 saturated carbocycles. The molecule has 0 aliphatic rings. The molecule has 0 bridgehead atoms. The van der Waals surface area contributed by atoms with E-state index in [9.17, 15) is 9.46 Å². The van der Waals surface area contributed by atoms with Gasteiger partial charge in [0.2, 0.25) is 0 Å². The Balaban J connectivity index is 3.75. The number of phosphoric acid groups is 1. The highest BCUT2D eigenvalue weighted by molar-refractivity contribution is 7.47. The van der Waals surface area contributed by atoms with Gasteiger partial charge in [0.05, 0.1) is 47.5 Å². The third kappa shape index (κ3) is 10.8. The highest BCUT2D eigenvalue weighted by Gasteiger charge is 2.22. The van der Waals surface area contributed by atoms with Crippen LogP contribution in [-0.4, -0.2) is 73.2 Å². The average molecular weight is 272 g/mol. The van der Waals surface area contributed by atoms with Crippen LogP contribution in [-0.2, 0) is 13.6 Å². The molecule has 8 heteroatoms. The Labute approximate surface area is 102 Å². The van der Waals surface area contributed by atoms with Gasteiger partial charge in [-0.1, -0.05) is 0 Å². The van der Waals surface area contributed by atoms with Gasteiger partial charge < -0.3 is 19.6 Å². The first-order chi connectivity index (χ1) is 7.66. The number of aliphatic hydroxyl groups excluding tert-OH is 2. The van der Waals surface area contributed by atoms with E-state index in [2.05, 4.69) is 4.52 Å². The first-order valence-corrected chi connectivity index (χ1v) is 6.87. The van der Waals surface area contributed by atoms with Crippen LogP contribution in [0.25, 0.3) is 0 Å². The second kappa shape index (κ2) is 7.43. The lowest BCUT2D eigenvalue weighted by Gasteiger charge is -2.23. The second-order valence-electron chi connectivity index (χ2n) is 4.80. The van der Waals surface area contributed by atoms with E-state index in [-0.39, 0.29) is 6.61 Å². The summed E-state index contributed by atoms with van der Waals surface area (Å²) in [6.07, 6.45) is -0.551. The van der Waals surface area contributed by atoms with E-state index in [1.807, 2.05) is 21.1 Å². The maximum absolute atomic E-state index is 11.3. The molecule has 0 aromatic heterocycles. The Morgan fingerprint density at radius 2 is 1.88 bits per heavy atom. The molecule has 0 spiro atoms. The molecule has 0 amide bonds. The summed E-state index contributed by atoms with van der Waals surface area (Å²) in [6.45, 7) is -0.0428. The van der Waals surface area contributed by atoms with Gasteiger partial charge in [0, 0.05) is 6.42 Å². The normalized spacial score (nSPS) is 17.8. The number of quaternary nitrogens is 1. The maximum Gasteiger partial charge on any atom is 0.472 e. The Hall–Kier alpha value is -0.0100. The summed E-state index contributed by atoms with van der Waals surface area (Å²) in [5.74, 6) is 0. The molecule has 0 fully saturated rings. The highest BCUT2D eigenvalue weighted by Crippen LogP contribution is 2.43. The zero-order valence-corrected chi connectivity index (χ0v) is 11.5. The third-order valence-corrected chi connectivity index (χ3v) is 2.85. The number of nitrogens with zero attached hydrogens (tertiary/aromatic N) is 1. The number of rotatable bonds is 9. The van der Waals surface area contributed by atoms with Crippen molar-refractivity contribution in [1.29, 1.82) is 0 Å². The van der Waals surface area contributed by atoms with E-state index in [1.54, 1.807) is 0 Å². The lowest BCUT2D eigenvalue weighted by Crippen LogP contribution is -2.35. The fourth-order valence-electron chi connectivity index (χ4n) is 0.989. The fraction of sp³-hybridized carbons (Fsp3) is 1.00. The molecule has 0 heterocycles. The zero-order chi connectivity index (χ0) is 13.5. The Bertz CT molecular complexity index is 254. The molecule has 2 unspecified atom stereocenters. The van der Waals surface area contributed by atoms with Crippen LogP contribution in [0, 0.1) is 0 Å². The minimum Gasteiger partial charge on any atom is -0.394 e. The van der Waals surface area contributed by atoms with Gasteiger partial charge in [0.1, 0.15) is 6.10 Å². The molecule has 0 radical (unpaired) electrons. The smallest absolute Gasteiger partial charge is 0.394 e. The minimum atomic E-state index is -4.12. The van der Waals surface area contributed by atoms with Crippen LogP contribution >= 0.6 is 7.82 Å². The van der Waals surface area contributed by atoms with Crippen molar-refractivity contribution >= 4 is 7.82 Å². The number of aliphatic hydroxyl groups is 2. The van der Waals surface area contributed by atoms with Gasteiger partial charge in [-0.3, -0.25) is 9.05 Å². The average Bonchev–Trinajstić information content (AvgIpc) is 2.20. The number of hydrogen-bond donors (Lipinski definition) is 3. The summed E-state index contributed by atoms with van der Waals surface area (Å²) in [7, 11) is 1.90. The fourth-order valence-corrected chi connectivity index (χ4v) is 1.78. The topological polar surface area (TPSA) is 96.2 Å². The minimum absolute atomic E-state index is 0.110. The van der Waals surface area contributed by atoms with Gasteiger partial charge in [-0.05, 0) is 0 Å². The van der Waals surface area contributed by atoms with Crippen molar-refractivity contribution in [3.63, 3.8) is 0 Å². The van der Waals surface area contributed by atoms with Crippen molar-refractivity contribution in [2.24, 2.45) is 0 Å². The van der Waals surface area contributed by atoms with Crippen LogP contribution in [0.5, 0.6) is 0 Å². The van der Waals surface area contributed by atoms with Crippen molar-refractivity contribution in [3.8, 4) is 0 Å². The van der Waals surface area contributed by atoms with E-state index in [0.29, 0.717) is 6.42 Å². The summed E-state index contributed by atoms with van der Waals surface area (Å²) in [4.78, 5) is 9.20. The lowest BCUT2D eigenvalue weighted by molar-refractivity contribution is -0.870. The third-order valence-electron chi connectivity index (χ3n) is 1.87. The van der Waals surface area contributed by atoms with Crippen molar-refractivity contribution < 1.29 is 33.2 Å². The molecule has 7 nitrogen and oxygen atoms in total. The van der Waals surface area contributed by atoms with Gasteiger partial charge in [0.25, 0.3) is 0 Å². The molecule has 104 valence electrons. The van der Waals surface area contributed by atoms with E-state index in [4.69, 9.17) is 14.7 Å². The molecular formula is C9H23NO6P+. The zero-order valence-electron chi connectivity index (χ0n) is 10.6.